The summed E-state index contributed by atoms with van der Waals surface area (Å²) in [5.41, 5.74) is 0.709. The maximum absolute atomic E-state index is 13.2. The van der Waals surface area contributed by atoms with Crippen LogP contribution in [0.25, 0.3) is 21.7 Å². The number of carbonyl (C=O) groups is 2. The van der Waals surface area contributed by atoms with E-state index in [9.17, 15) is 14.4 Å². The van der Waals surface area contributed by atoms with Crippen molar-refractivity contribution in [1.82, 2.24) is 0 Å². The highest BCUT2D eigenvalue weighted by Gasteiger charge is 2.22. The number of nitrogens with one attached hydrogen (secondary N) is 1. The van der Waals surface area contributed by atoms with Gasteiger partial charge in [-0.15, -0.1) is 0 Å². The van der Waals surface area contributed by atoms with E-state index in [-0.39, 0.29) is 17.1 Å². The van der Waals surface area contributed by atoms with E-state index in [1.54, 1.807) is 25.1 Å². The summed E-state index contributed by atoms with van der Waals surface area (Å²) in [6.45, 7) is 3.74. The van der Waals surface area contributed by atoms with Gasteiger partial charge in [-0.1, -0.05) is 49.7 Å². The maximum Gasteiger partial charge on any atom is 0.340 e. The Morgan fingerprint density at radius 1 is 1.06 bits per heavy atom. The number of carboxylic acid groups (broad SMARTS) is 1. The van der Waals surface area contributed by atoms with Crippen LogP contribution in [-0.2, 0) is 16.0 Å². The monoisotopic (exact) mass is 473 g/mol. The summed E-state index contributed by atoms with van der Waals surface area (Å²) in [7, 11) is 0. The Balaban J connectivity index is 1.60. The molecule has 0 radical (unpaired) electrons. The fourth-order valence-corrected chi connectivity index (χ4v) is 4.13. The van der Waals surface area contributed by atoms with Gasteiger partial charge in [0.1, 0.15) is 11.3 Å². The number of aryl methyl sites for hydroxylation is 1. The van der Waals surface area contributed by atoms with Crippen LogP contribution in [0, 0.1) is 6.92 Å². The van der Waals surface area contributed by atoms with Gasteiger partial charge in [0.25, 0.3) is 5.91 Å². The Bertz CT molecular complexity index is 1450. The molecule has 0 bridgehead atoms. The number of benzene rings is 3. The van der Waals surface area contributed by atoms with Crippen molar-refractivity contribution in [2.45, 2.75) is 45.6 Å². The molecule has 7 nitrogen and oxygen atoms in total. The normalized spacial score (nSPS) is 11.9. The number of hydrogen-bond acceptors (Lipinski definition) is 5. The van der Waals surface area contributed by atoms with Crippen molar-refractivity contribution in [2.75, 3.05) is 5.32 Å². The van der Waals surface area contributed by atoms with Crippen LogP contribution in [0.15, 0.2) is 69.9 Å². The largest absolute Gasteiger partial charge is 0.481 e. The van der Waals surface area contributed by atoms with E-state index in [0.29, 0.717) is 28.8 Å². The number of fused-ring (bicyclic) bond motifs is 2. The van der Waals surface area contributed by atoms with Gasteiger partial charge in [0.05, 0.1) is 12.0 Å². The van der Waals surface area contributed by atoms with Gasteiger partial charge in [-0.3, -0.25) is 9.59 Å². The van der Waals surface area contributed by atoms with Crippen LogP contribution in [-0.4, -0.2) is 23.1 Å². The number of ether oxygens (including phenoxy) is 1. The summed E-state index contributed by atoms with van der Waals surface area (Å²) in [4.78, 5) is 36.6. The highest BCUT2D eigenvalue weighted by Crippen LogP contribution is 2.28. The lowest BCUT2D eigenvalue weighted by Crippen LogP contribution is -2.33. The number of carbonyl (C=O) groups excluding carboxylic acids is 1. The fourth-order valence-electron chi connectivity index (χ4n) is 4.13. The number of carboxylic acids is 1. The Hall–Kier alpha value is -4.13. The first-order chi connectivity index (χ1) is 16.9. The smallest absolute Gasteiger partial charge is 0.340 e. The van der Waals surface area contributed by atoms with E-state index in [2.05, 4.69) is 12.2 Å². The molecule has 180 valence electrons. The van der Waals surface area contributed by atoms with Gasteiger partial charge in [-0.25, -0.2) is 4.79 Å². The molecule has 0 aliphatic carbocycles. The standard InChI is InChI=1S/C28H27NO6/c1-3-4-11-24(34-23-12-7-9-18-8-5-6-10-21(18)23)27(32)29-19-13-14-20-17(2)22(16-26(30)31)28(33)35-25(20)15-19/h5-10,12-15,24H,3-4,11,16H2,1-2H3,(H,29,32)(H,30,31). The molecule has 0 aliphatic heterocycles. The average molecular weight is 474 g/mol. The van der Waals surface area contributed by atoms with E-state index >= 15 is 0 Å². The third kappa shape index (κ3) is 5.35. The maximum atomic E-state index is 13.2. The molecule has 1 heterocycles. The molecule has 0 aliphatic rings. The van der Waals surface area contributed by atoms with Crippen LogP contribution < -0.4 is 15.7 Å². The van der Waals surface area contributed by atoms with Crippen molar-refractivity contribution >= 4 is 39.3 Å². The zero-order chi connectivity index (χ0) is 24.9. The van der Waals surface area contributed by atoms with Gasteiger partial charge in [-0.05, 0) is 48.9 Å². The zero-order valence-electron chi connectivity index (χ0n) is 19.7. The second-order valence-electron chi connectivity index (χ2n) is 8.49. The molecule has 4 rings (SSSR count). The Kier molecular flexibility index (Phi) is 7.15. The van der Waals surface area contributed by atoms with Crippen LogP contribution in [0.1, 0.15) is 37.3 Å². The Morgan fingerprint density at radius 2 is 1.83 bits per heavy atom. The molecular weight excluding hydrogens is 446 g/mol. The minimum Gasteiger partial charge on any atom is -0.481 e. The van der Waals surface area contributed by atoms with E-state index in [1.165, 1.54) is 0 Å². The molecule has 4 aromatic rings. The van der Waals surface area contributed by atoms with Crippen LogP contribution in [0.3, 0.4) is 0 Å². The highest BCUT2D eigenvalue weighted by molar-refractivity contribution is 5.97. The Labute approximate surface area is 202 Å². The molecule has 3 aromatic carbocycles. The van der Waals surface area contributed by atoms with Gasteiger partial charge in [-0.2, -0.15) is 0 Å². The number of aliphatic carboxylic acids is 1. The summed E-state index contributed by atoms with van der Waals surface area (Å²) in [5, 5.41) is 14.5. The quantitative estimate of drug-likeness (QED) is 0.313. The molecule has 0 spiro atoms. The summed E-state index contributed by atoms with van der Waals surface area (Å²) in [5.74, 6) is -0.759. The summed E-state index contributed by atoms with van der Waals surface area (Å²) >= 11 is 0. The molecule has 0 saturated heterocycles. The highest BCUT2D eigenvalue weighted by atomic mass is 16.5. The van der Waals surface area contributed by atoms with Crippen LogP contribution in [0.5, 0.6) is 5.75 Å². The zero-order valence-corrected chi connectivity index (χ0v) is 19.7. The molecule has 7 heteroatoms. The van der Waals surface area contributed by atoms with Crippen molar-refractivity contribution in [3.63, 3.8) is 0 Å². The van der Waals surface area contributed by atoms with Gasteiger partial charge >= 0.3 is 11.6 Å². The lowest BCUT2D eigenvalue weighted by molar-refractivity contribution is -0.136. The molecule has 0 saturated carbocycles. The molecule has 1 atom stereocenters. The van der Waals surface area contributed by atoms with E-state index in [1.807, 2.05) is 42.5 Å². The van der Waals surface area contributed by atoms with Crippen molar-refractivity contribution in [1.29, 1.82) is 0 Å². The SMILES string of the molecule is CCCCC(Oc1cccc2ccccc12)C(=O)Nc1ccc2c(C)c(CC(=O)O)c(=O)oc2c1. The van der Waals surface area contributed by atoms with Crippen molar-refractivity contribution in [3.8, 4) is 5.75 Å². The average Bonchev–Trinajstić information content (AvgIpc) is 2.84. The lowest BCUT2D eigenvalue weighted by Gasteiger charge is -2.20. The second kappa shape index (κ2) is 10.4. The topological polar surface area (TPSA) is 106 Å². The first-order valence-corrected chi connectivity index (χ1v) is 11.6. The molecule has 2 N–H and O–H groups in total. The first kappa shape index (κ1) is 24.0. The lowest BCUT2D eigenvalue weighted by atomic mass is 10.0. The second-order valence-corrected chi connectivity index (χ2v) is 8.49. The third-order valence-electron chi connectivity index (χ3n) is 6.01. The summed E-state index contributed by atoms with van der Waals surface area (Å²) < 4.78 is 11.6. The fraction of sp³-hybridized carbons (Fsp3) is 0.250. The van der Waals surface area contributed by atoms with Crippen LogP contribution >= 0.6 is 0 Å². The van der Waals surface area contributed by atoms with E-state index in [0.717, 1.165) is 23.6 Å². The van der Waals surface area contributed by atoms with Crippen molar-refractivity contribution in [2.24, 2.45) is 0 Å². The van der Waals surface area contributed by atoms with Crippen molar-refractivity contribution in [3.05, 3.63) is 82.2 Å². The molecule has 0 fully saturated rings. The summed E-state index contributed by atoms with van der Waals surface area (Å²) in [6, 6.07) is 18.6. The first-order valence-electron chi connectivity index (χ1n) is 11.6. The number of hydrogen-bond donors (Lipinski definition) is 2. The number of rotatable bonds is 9. The molecule has 1 aromatic heterocycles. The predicted molar refractivity (Wildman–Crippen MR) is 135 cm³/mol. The van der Waals surface area contributed by atoms with Crippen LogP contribution in [0.4, 0.5) is 5.69 Å². The van der Waals surface area contributed by atoms with E-state index in [4.69, 9.17) is 14.3 Å². The van der Waals surface area contributed by atoms with Gasteiger partial charge < -0.3 is 19.6 Å². The Morgan fingerprint density at radius 3 is 2.60 bits per heavy atom. The van der Waals surface area contributed by atoms with E-state index < -0.39 is 24.1 Å². The number of amides is 1. The van der Waals surface area contributed by atoms with Gasteiger partial charge in [0.15, 0.2) is 6.10 Å². The molecular formula is C28H27NO6. The molecule has 35 heavy (non-hydrogen) atoms. The number of anilines is 1. The molecule has 1 amide bonds. The predicted octanol–water partition coefficient (Wildman–Crippen LogP) is 5.46. The number of unbranched alkanes of at least 4 members (excludes halogenated alkanes) is 1. The minimum absolute atomic E-state index is 0.116. The van der Waals surface area contributed by atoms with Gasteiger partial charge in [0.2, 0.25) is 0 Å². The molecule has 1 unspecified atom stereocenters. The van der Waals surface area contributed by atoms with Gasteiger partial charge in [0, 0.05) is 22.5 Å². The van der Waals surface area contributed by atoms with Crippen LogP contribution in [0.2, 0.25) is 0 Å². The minimum atomic E-state index is -1.10. The van der Waals surface area contributed by atoms with Crippen molar-refractivity contribution < 1.29 is 23.8 Å². The third-order valence-corrected chi connectivity index (χ3v) is 6.01. The summed E-state index contributed by atoms with van der Waals surface area (Å²) in [6.07, 6.45) is 1.17.